The molecule has 0 bridgehead atoms. The van der Waals surface area contributed by atoms with Crippen molar-refractivity contribution in [3.05, 3.63) is 52.8 Å². The lowest BCUT2D eigenvalue weighted by atomic mass is 10.2. The summed E-state index contributed by atoms with van der Waals surface area (Å²) in [5.74, 6) is -2.49. The minimum atomic E-state index is -0.971. The molecule has 3 N–H and O–H groups in total. The number of nitrogens with zero attached hydrogens (tertiary/aromatic N) is 1. The highest BCUT2D eigenvalue weighted by atomic mass is 35.5. The van der Waals surface area contributed by atoms with Crippen molar-refractivity contribution in [3.63, 3.8) is 0 Å². The number of hydrogen-bond acceptors (Lipinski definition) is 3. The van der Waals surface area contributed by atoms with Crippen LogP contribution in [0.2, 0.25) is 5.02 Å². The third kappa shape index (κ3) is 2.79. The fourth-order valence-electron chi connectivity index (χ4n) is 1.44. The third-order valence-corrected chi connectivity index (χ3v) is 2.64. The van der Waals surface area contributed by atoms with Crippen LogP contribution in [-0.4, -0.2) is 10.9 Å². The Bertz CT molecular complexity index is 626. The molecule has 2 aromatic rings. The van der Waals surface area contributed by atoms with Gasteiger partial charge >= 0.3 is 0 Å². The molecule has 0 unspecified atom stereocenters. The van der Waals surface area contributed by atoms with Gasteiger partial charge < -0.3 is 11.1 Å². The number of pyridine rings is 1. The van der Waals surface area contributed by atoms with Gasteiger partial charge in [0.1, 0.15) is 5.82 Å². The van der Waals surface area contributed by atoms with E-state index in [1.54, 1.807) is 0 Å². The molecule has 98 valence electrons. The number of nitrogen functional groups attached to an aromatic ring is 1. The Morgan fingerprint density at radius 1 is 1.37 bits per heavy atom. The minimum Gasteiger partial charge on any atom is -0.398 e. The number of hydrogen-bond donors (Lipinski definition) is 2. The van der Waals surface area contributed by atoms with Gasteiger partial charge in [0, 0.05) is 24.1 Å². The van der Waals surface area contributed by atoms with E-state index in [1.807, 2.05) is 0 Å². The number of carbonyl (C=O) groups is 1. The van der Waals surface area contributed by atoms with E-state index in [0.717, 1.165) is 6.07 Å². The Hall–Kier alpha value is -2.21. The van der Waals surface area contributed by atoms with Crippen LogP contribution in [0.3, 0.4) is 0 Å². The van der Waals surface area contributed by atoms with E-state index >= 15 is 0 Å². The van der Waals surface area contributed by atoms with Crippen LogP contribution in [0.4, 0.5) is 20.2 Å². The number of carbonyl (C=O) groups excluding carboxylic acids is 1. The minimum absolute atomic E-state index is 0.0716. The molecule has 0 aliphatic heterocycles. The molecule has 1 aromatic carbocycles. The molecule has 1 amide bonds. The van der Waals surface area contributed by atoms with Gasteiger partial charge in [0.25, 0.3) is 5.91 Å². The smallest absolute Gasteiger partial charge is 0.259 e. The van der Waals surface area contributed by atoms with Gasteiger partial charge in [-0.1, -0.05) is 11.6 Å². The molecule has 7 heteroatoms. The van der Waals surface area contributed by atoms with Gasteiger partial charge in [0.05, 0.1) is 16.3 Å². The summed E-state index contributed by atoms with van der Waals surface area (Å²) in [4.78, 5) is 15.6. The highest BCUT2D eigenvalue weighted by Crippen LogP contribution is 2.27. The van der Waals surface area contributed by atoms with Gasteiger partial charge in [0.2, 0.25) is 0 Å². The molecule has 0 spiro atoms. The molecule has 0 radical (unpaired) electrons. The predicted molar refractivity (Wildman–Crippen MR) is 68.0 cm³/mol. The maximum Gasteiger partial charge on any atom is 0.259 e. The molecule has 1 heterocycles. The lowest BCUT2D eigenvalue weighted by molar-refractivity contribution is 0.102. The molecular weight excluding hydrogens is 276 g/mol. The summed E-state index contributed by atoms with van der Waals surface area (Å²) in [6.45, 7) is 0. The number of halogens is 3. The Kier molecular flexibility index (Phi) is 3.62. The fourth-order valence-corrected chi connectivity index (χ4v) is 1.68. The van der Waals surface area contributed by atoms with Crippen LogP contribution in [0.25, 0.3) is 0 Å². The van der Waals surface area contributed by atoms with Gasteiger partial charge in [-0.2, -0.15) is 0 Å². The molecule has 0 atom stereocenters. The number of benzene rings is 1. The van der Waals surface area contributed by atoms with Crippen molar-refractivity contribution >= 4 is 28.9 Å². The van der Waals surface area contributed by atoms with Crippen LogP contribution in [0, 0.1) is 11.6 Å². The first-order valence-electron chi connectivity index (χ1n) is 5.14. The van der Waals surface area contributed by atoms with E-state index in [2.05, 4.69) is 10.3 Å². The third-order valence-electron chi connectivity index (χ3n) is 2.34. The highest BCUT2D eigenvalue weighted by molar-refractivity contribution is 6.34. The number of aromatic nitrogens is 1. The molecule has 0 saturated carbocycles. The number of rotatable bonds is 2. The fraction of sp³-hybridized carbons (Fsp3) is 0. The maximum absolute atomic E-state index is 13.5. The zero-order valence-corrected chi connectivity index (χ0v) is 10.2. The first-order valence-corrected chi connectivity index (χ1v) is 5.52. The Labute approximate surface area is 112 Å². The van der Waals surface area contributed by atoms with E-state index in [9.17, 15) is 13.6 Å². The summed E-state index contributed by atoms with van der Waals surface area (Å²) in [6, 6.07) is 2.94. The van der Waals surface area contributed by atoms with E-state index in [-0.39, 0.29) is 22.0 Å². The van der Waals surface area contributed by atoms with Gasteiger partial charge in [-0.3, -0.25) is 9.78 Å². The number of nitrogens with one attached hydrogen (secondary N) is 1. The number of amides is 1. The van der Waals surface area contributed by atoms with Crippen molar-refractivity contribution in [2.24, 2.45) is 0 Å². The van der Waals surface area contributed by atoms with Gasteiger partial charge in [-0.05, 0) is 12.1 Å². The Morgan fingerprint density at radius 2 is 2.11 bits per heavy atom. The van der Waals surface area contributed by atoms with Crippen LogP contribution in [0.5, 0.6) is 0 Å². The Morgan fingerprint density at radius 3 is 2.74 bits per heavy atom. The highest BCUT2D eigenvalue weighted by Gasteiger charge is 2.15. The molecular formula is C12H8ClF2N3O. The average molecular weight is 284 g/mol. The SMILES string of the molecule is Nc1ccncc1C(=O)Nc1c(F)cc(F)cc1Cl. The first-order chi connectivity index (χ1) is 8.99. The standard InChI is InChI=1S/C12H8ClF2N3O/c13-8-3-6(14)4-9(15)11(8)18-12(19)7-5-17-2-1-10(7)16/h1-5H,(H2,16,17)(H,18,19). The number of anilines is 2. The van der Waals surface area contributed by atoms with Crippen LogP contribution < -0.4 is 11.1 Å². The zero-order chi connectivity index (χ0) is 14.0. The molecule has 4 nitrogen and oxygen atoms in total. The molecule has 0 aliphatic rings. The second-order valence-corrected chi connectivity index (χ2v) is 4.07. The second kappa shape index (κ2) is 5.19. The Balaban J connectivity index is 2.32. The van der Waals surface area contributed by atoms with Crippen molar-refractivity contribution in [1.82, 2.24) is 4.98 Å². The van der Waals surface area contributed by atoms with Crippen LogP contribution in [-0.2, 0) is 0 Å². The molecule has 0 aliphatic carbocycles. The molecule has 2 rings (SSSR count). The molecule has 0 saturated heterocycles. The van der Waals surface area contributed by atoms with Crippen LogP contribution in [0.15, 0.2) is 30.6 Å². The first kappa shape index (κ1) is 13.2. The van der Waals surface area contributed by atoms with E-state index in [1.165, 1.54) is 18.5 Å². The monoisotopic (exact) mass is 283 g/mol. The topological polar surface area (TPSA) is 68.0 Å². The summed E-state index contributed by atoms with van der Waals surface area (Å²) < 4.78 is 26.4. The molecule has 1 aromatic heterocycles. The number of nitrogens with two attached hydrogens (primary N) is 1. The summed E-state index contributed by atoms with van der Waals surface area (Å²) in [6.07, 6.45) is 2.65. The normalized spacial score (nSPS) is 10.3. The largest absolute Gasteiger partial charge is 0.398 e. The van der Waals surface area contributed by atoms with Gasteiger partial charge in [-0.25, -0.2) is 8.78 Å². The summed E-state index contributed by atoms with van der Waals surface area (Å²) in [7, 11) is 0. The zero-order valence-electron chi connectivity index (χ0n) is 9.45. The molecule has 0 fully saturated rings. The van der Waals surface area contributed by atoms with Gasteiger partial charge in [-0.15, -0.1) is 0 Å². The quantitative estimate of drug-likeness (QED) is 0.890. The lowest BCUT2D eigenvalue weighted by Gasteiger charge is -2.09. The maximum atomic E-state index is 13.5. The van der Waals surface area contributed by atoms with Crippen molar-refractivity contribution in [2.75, 3.05) is 11.1 Å². The van der Waals surface area contributed by atoms with E-state index in [0.29, 0.717) is 6.07 Å². The van der Waals surface area contributed by atoms with Crippen molar-refractivity contribution in [2.45, 2.75) is 0 Å². The summed E-state index contributed by atoms with van der Waals surface area (Å²) in [5, 5.41) is 1.99. The van der Waals surface area contributed by atoms with Crippen molar-refractivity contribution in [1.29, 1.82) is 0 Å². The predicted octanol–water partition coefficient (Wildman–Crippen LogP) is 2.85. The van der Waals surface area contributed by atoms with Crippen LogP contribution >= 0.6 is 11.6 Å². The lowest BCUT2D eigenvalue weighted by Crippen LogP contribution is -2.15. The van der Waals surface area contributed by atoms with E-state index < -0.39 is 17.5 Å². The second-order valence-electron chi connectivity index (χ2n) is 3.66. The summed E-state index contributed by atoms with van der Waals surface area (Å²) in [5.41, 5.74) is 5.54. The van der Waals surface area contributed by atoms with Crippen LogP contribution in [0.1, 0.15) is 10.4 Å². The van der Waals surface area contributed by atoms with E-state index in [4.69, 9.17) is 17.3 Å². The average Bonchev–Trinajstić information content (AvgIpc) is 2.34. The molecule has 19 heavy (non-hydrogen) atoms. The summed E-state index contributed by atoms with van der Waals surface area (Å²) >= 11 is 5.66. The van der Waals surface area contributed by atoms with Crippen molar-refractivity contribution < 1.29 is 13.6 Å². The van der Waals surface area contributed by atoms with Crippen molar-refractivity contribution in [3.8, 4) is 0 Å². The van der Waals surface area contributed by atoms with Gasteiger partial charge in [0.15, 0.2) is 5.82 Å².